The molecule has 2 aliphatic rings. The van der Waals surface area contributed by atoms with Crippen molar-refractivity contribution >= 4 is 16.0 Å². The van der Waals surface area contributed by atoms with Gasteiger partial charge in [0.1, 0.15) is 5.82 Å². The van der Waals surface area contributed by atoms with Gasteiger partial charge in [-0.3, -0.25) is 9.89 Å². The van der Waals surface area contributed by atoms with E-state index in [-0.39, 0.29) is 11.6 Å². The van der Waals surface area contributed by atoms with Gasteiger partial charge in [0, 0.05) is 45.8 Å². The van der Waals surface area contributed by atoms with Gasteiger partial charge in [0.05, 0.1) is 5.75 Å². The molecule has 2 fully saturated rings. The van der Waals surface area contributed by atoms with Gasteiger partial charge in [0.2, 0.25) is 10.0 Å². The third-order valence-corrected chi connectivity index (χ3v) is 7.30. The third-order valence-electron chi connectivity index (χ3n) is 5.95. The molecule has 0 unspecified atom stereocenters. The van der Waals surface area contributed by atoms with E-state index in [1.165, 1.54) is 18.6 Å². The van der Waals surface area contributed by atoms with Crippen LogP contribution in [0.25, 0.3) is 0 Å². The van der Waals surface area contributed by atoms with Crippen molar-refractivity contribution in [2.45, 2.75) is 44.7 Å². The van der Waals surface area contributed by atoms with Crippen LogP contribution < -0.4 is 15.4 Å². The van der Waals surface area contributed by atoms with Crippen LogP contribution in [0.5, 0.6) is 0 Å². The van der Waals surface area contributed by atoms with Crippen LogP contribution in [0.4, 0.5) is 4.39 Å². The maximum Gasteiger partial charge on any atom is 0.213 e. The minimum Gasteiger partial charge on any atom is -0.355 e. The molecule has 1 aromatic rings. The lowest BCUT2D eigenvalue weighted by Crippen LogP contribution is -2.49. The van der Waals surface area contributed by atoms with E-state index in [2.05, 4.69) is 25.2 Å². The fourth-order valence-electron chi connectivity index (χ4n) is 3.79. The van der Waals surface area contributed by atoms with Crippen LogP contribution in [0.2, 0.25) is 0 Å². The van der Waals surface area contributed by atoms with E-state index in [0.717, 1.165) is 50.9 Å². The smallest absolute Gasteiger partial charge is 0.213 e. The zero-order chi connectivity index (χ0) is 21.4. The Bertz CT molecular complexity index is 788. The molecule has 1 aromatic carbocycles. The number of rotatable bonds is 9. The molecule has 3 N–H and O–H groups in total. The number of benzene rings is 1. The van der Waals surface area contributed by atoms with Crippen molar-refractivity contribution in [2.75, 3.05) is 39.0 Å². The summed E-state index contributed by atoms with van der Waals surface area (Å²) in [5.74, 6) is 0.982. The number of hydrogen-bond donors (Lipinski definition) is 3. The first kappa shape index (κ1) is 23.0. The van der Waals surface area contributed by atoms with E-state index in [4.69, 9.17) is 0 Å². The first-order valence-corrected chi connectivity index (χ1v) is 12.5. The van der Waals surface area contributed by atoms with Crippen molar-refractivity contribution in [1.82, 2.24) is 20.3 Å². The highest BCUT2D eigenvalue weighted by atomic mass is 32.2. The molecule has 30 heavy (non-hydrogen) atoms. The summed E-state index contributed by atoms with van der Waals surface area (Å²) in [7, 11) is -1.56. The molecular weight excluding hydrogens is 405 g/mol. The van der Waals surface area contributed by atoms with Crippen molar-refractivity contribution in [2.24, 2.45) is 10.9 Å². The summed E-state index contributed by atoms with van der Waals surface area (Å²) in [6, 6.07) is 6.97. The maximum atomic E-state index is 13.0. The zero-order valence-electron chi connectivity index (χ0n) is 17.7. The van der Waals surface area contributed by atoms with E-state index in [0.29, 0.717) is 31.0 Å². The molecule has 0 radical (unpaired) electrons. The fourth-order valence-corrected chi connectivity index (χ4v) is 4.79. The van der Waals surface area contributed by atoms with Gasteiger partial charge in [-0.2, -0.15) is 0 Å². The van der Waals surface area contributed by atoms with Crippen molar-refractivity contribution in [1.29, 1.82) is 0 Å². The summed E-state index contributed by atoms with van der Waals surface area (Å²) in [6.45, 7) is 3.61. The summed E-state index contributed by atoms with van der Waals surface area (Å²) in [5, 5.41) is 6.52. The molecule has 1 heterocycles. The Balaban J connectivity index is 1.33. The lowest BCUT2D eigenvalue weighted by atomic mass is 9.86. The number of halogens is 1. The highest BCUT2D eigenvalue weighted by Gasteiger charge is 2.21. The Labute approximate surface area is 179 Å². The van der Waals surface area contributed by atoms with Crippen LogP contribution in [0.1, 0.15) is 37.7 Å². The van der Waals surface area contributed by atoms with Gasteiger partial charge >= 0.3 is 0 Å². The number of likely N-dealkylation sites (tertiary alicyclic amines) is 1. The quantitative estimate of drug-likeness (QED) is 0.403. The van der Waals surface area contributed by atoms with Gasteiger partial charge in [-0.1, -0.05) is 18.6 Å². The maximum absolute atomic E-state index is 13.0. The van der Waals surface area contributed by atoms with E-state index < -0.39 is 10.0 Å². The van der Waals surface area contributed by atoms with E-state index in [1.807, 2.05) is 12.1 Å². The number of aliphatic imine (C=N–C) groups is 1. The normalized spacial score (nSPS) is 19.5. The number of nitrogens with zero attached hydrogens (tertiary/aromatic N) is 2. The predicted octanol–water partition coefficient (Wildman–Crippen LogP) is 1.67. The Morgan fingerprint density at radius 3 is 2.47 bits per heavy atom. The summed E-state index contributed by atoms with van der Waals surface area (Å²) in [5.41, 5.74) is 1.12. The first-order chi connectivity index (χ1) is 14.4. The summed E-state index contributed by atoms with van der Waals surface area (Å²) in [6.07, 6.45) is 5.41. The molecule has 0 bridgehead atoms. The molecule has 1 aliphatic heterocycles. The summed E-state index contributed by atoms with van der Waals surface area (Å²) >= 11 is 0. The topological polar surface area (TPSA) is 85.8 Å². The number of piperidine rings is 1. The standard InChI is InChI=1S/C21H34FN5O2S/c1-23-21(24-11-14-30(28,29)25-15-17-3-2-4-17)26-20-9-12-27(13-10-20)16-18-5-7-19(22)8-6-18/h5-8,17,20,25H,2-4,9-16H2,1H3,(H2,23,24,26). The molecule has 1 saturated carbocycles. The van der Waals surface area contributed by atoms with Gasteiger partial charge < -0.3 is 10.6 Å². The Morgan fingerprint density at radius 1 is 1.17 bits per heavy atom. The predicted molar refractivity (Wildman–Crippen MR) is 118 cm³/mol. The average molecular weight is 440 g/mol. The van der Waals surface area contributed by atoms with Crippen LogP contribution in [-0.4, -0.2) is 64.3 Å². The molecule has 168 valence electrons. The molecule has 0 spiro atoms. The van der Waals surface area contributed by atoms with Gasteiger partial charge in [-0.25, -0.2) is 17.5 Å². The van der Waals surface area contributed by atoms with Crippen molar-refractivity contribution < 1.29 is 12.8 Å². The van der Waals surface area contributed by atoms with E-state index in [9.17, 15) is 12.8 Å². The molecular formula is C21H34FN5O2S. The second-order valence-corrected chi connectivity index (χ2v) is 10.2. The second-order valence-electron chi connectivity index (χ2n) is 8.28. The molecule has 1 aliphatic carbocycles. The monoisotopic (exact) mass is 439 g/mol. The second kappa shape index (κ2) is 11.1. The van der Waals surface area contributed by atoms with Gasteiger partial charge in [0.15, 0.2) is 5.96 Å². The zero-order valence-corrected chi connectivity index (χ0v) is 18.6. The average Bonchev–Trinajstić information content (AvgIpc) is 2.69. The van der Waals surface area contributed by atoms with Crippen LogP contribution in [0.3, 0.4) is 0 Å². The lowest BCUT2D eigenvalue weighted by Gasteiger charge is -2.33. The number of sulfonamides is 1. The van der Waals surface area contributed by atoms with Gasteiger partial charge in [0.25, 0.3) is 0 Å². The number of guanidine groups is 1. The highest BCUT2D eigenvalue weighted by molar-refractivity contribution is 7.89. The van der Waals surface area contributed by atoms with Crippen LogP contribution in [0, 0.1) is 11.7 Å². The van der Waals surface area contributed by atoms with E-state index >= 15 is 0 Å². The Hall–Kier alpha value is -1.71. The number of nitrogens with one attached hydrogen (secondary N) is 3. The molecule has 7 nitrogen and oxygen atoms in total. The molecule has 3 rings (SSSR count). The van der Waals surface area contributed by atoms with Crippen LogP contribution >= 0.6 is 0 Å². The number of hydrogen-bond acceptors (Lipinski definition) is 4. The van der Waals surface area contributed by atoms with Crippen molar-refractivity contribution in [3.63, 3.8) is 0 Å². The fraction of sp³-hybridized carbons (Fsp3) is 0.667. The molecule has 9 heteroatoms. The van der Waals surface area contributed by atoms with Crippen molar-refractivity contribution in [3.8, 4) is 0 Å². The highest BCUT2D eigenvalue weighted by Crippen LogP contribution is 2.25. The van der Waals surface area contributed by atoms with Gasteiger partial charge in [-0.15, -0.1) is 0 Å². The minimum absolute atomic E-state index is 0.0382. The molecule has 1 saturated heterocycles. The molecule has 0 atom stereocenters. The Kier molecular flexibility index (Phi) is 8.47. The lowest BCUT2D eigenvalue weighted by molar-refractivity contribution is 0.198. The Morgan fingerprint density at radius 2 is 1.87 bits per heavy atom. The summed E-state index contributed by atoms with van der Waals surface area (Å²) in [4.78, 5) is 6.59. The van der Waals surface area contributed by atoms with E-state index in [1.54, 1.807) is 7.05 Å². The third kappa shape index (κ3) is 7.52. The summed E-state index contributed by atoms with van der Waals surface area (Å²) < 4.78 is 39.9. The molecule has 0 aromatic heterocycles. The SMILES string of the molecule is CN=C(NCCS(=O)(=O)NCC1CCC1)NC1CCN(Cc2ccc(F)cc2)CC1. The molecule has 0 amide bonds. The van der Waals surface area contributed by atoms with Crippen LogP contribution in [0.15, 0.2) is 29.3 Å². The minimum atomic E-state index is -3.26. The largest absolute Gasteiger partial charge is 0.355 e. The van der Waals surface area contributed by atoms with Gasteiger partial charge in [-0.05, 0) is 49.3 Å². The van der Waals surface area contributed by atoms with Crippen molar-refractivity contribution in [3.05, 3.63) is 35.6 Å². The van der Waals surface area contributed by atoms with Crippen LogP contribution in [-0.2, 0) is 16.6 Å². The first-order valence-electron chi connectivity index (χ1n) is 10.8.